The molecule has 1 aromatic heterocycles. The maximum Gasteiger partial charge on any atom is 0.410 e. The molecule has 0 unspecified atom stereocenters. The molecule has 4 amide bonds. The molecular formula is C37H42N4O9S. The second kappa shape index (κ2) is 16.3. The first kappa shape index (κ1) is 35.7. The minimum absolute atomic E-state index is 0.0244. The number of methoxy groups -OCH3 is 1. The SMILES string of the molecule is COc1ccc2cc1-c1cc3c(c(c1)OCCCCN(C(=O)Cc1csc(C(C)=O)c1)CCCNC2=O)OCCN(C(=O)CN1CCOC1=O)C3. The van der Waals surface area contributed by atoms with Gasteiger partial charge in [-0.15, -0.1) is 11.3 Å². The van der Waals surface area contributed by atoms with Gasteiger partial charge in [-0.25, -0.2) is 4.79 Å². The van der Waals surface area contributed by atoms with E-state index in [-0.39, 0.29) is 56.2 Å². The predicted molar refractivity (Wildman–Crippen MR) is 189 cm³/mol. The second-order valence-electron chi connectivity index (χ2n) is 12.7. The van der Waals surface area contributed by atoms with Crippen LogP contribution in [0.3, 0.4) is 0 Å². The number of ether oxygens (including phenoxy) is 4. The zero-order valence-corrected chi connectivity index (χ0v) is 29.7. The van der Waals surface area contributed by atoms with Crippen molar-refractivity contribution in [1.29, 1.82) is 0 Å². The van der Waals surface area contributed by atoms with Crippen LogP contribution in [0.4, 0.5) is 4.79 Å². The summed E-state index contributed by atoms with van der Waals surface area (Å²) >= 11 is 1.34. The van der Waals surface area contributed by atoms with Gasteiger partial charge in [0.25, 0.3) is 5.91 Å². The van der Waals surface area contributed by atoms with Crippen molar-refractivity contribution in [3.63, 3.8) is 0 Å². The molecule has 3 aliphatic rings. The summed E-state index contributed by atoms with van der Waals surface area (Å²) < 4.78 is 23.3. The normalized spacial score (nSPS) is 16.9. The van der Waals surface area contributed by atoms with E-state index in [0.29, 0.717) is 97.4 Å². The summed E-state index contributed by atoms with van der Waals surface area (Å²) in [7, 11) is 1.56. The fraction of sp³-hybridized carbons (Fsp3) is 0.432. The molecule has 0 spiro atoms. The molecule has 6 rings (SSSR count). The van der Waals surface area contributed by atoms with Crippen molar-refractivity contribution >= 4 is 40.9 Å². The number of nitrogens with zero attached hydrogens (tertiary/aromatic N) is 3. The van der Waals surface area contributed by atoms with E-state index in [9.17, 15) is 24.0 Å². The molecule has 4 bridgehead atoms. The molecule has 0 aliphatic carbocycles. The smallest absolute Gasteiger partial charge is 0.410 e. The van der Waals surface area contributed by atoms with Gasteiger partial charge in [-0.05, 0) is 79.1 Å². The number of rotatable bonds is 6. The fourth-order valence-electron chi connectivity index (χ4n) is 6.33. The molecule has 1 fully saturated rings. The van der Waals surface area contributed by atoms with Crippen molar-refractivity contribution < 1.29 is 42.9 Å². The molecule has 13 nitrogen and oxygen atoms in total. The molecule has 0 radical (unpaired) electrons. The van der Waals surface area contributed by atoms with Gasteiger partial charge < -0.3 is 34.1 Å². The van der Waals surface area contributed by atoms with Crippen LogP contribution in [-0.2, 0) is 27.3 Å². The van der Waals surface area contributed by atoms with Crippen LogP contribution < -0.4 is 19.5 Å². The predicted octanol–water partition coefficient (Wildman–Crippen LogP) is 4.16. The van der Waals surface area contributed by atoms with Gasteiger partial charge in [-0.1, -0.05) is 0 Å². The zero-order chi connectivity index (χ0) is 35.9. The highest BCUT2D eigenvalue weighted by Crippen LogP contribution is 2.41. The minimum atomic E-state index is -0.502. The molecule has 0 saturated carbocycles. The standard InChI is InChI=1S/C37H42N4O9S/c1-24(42)32-16-25(23-51-32)17-33(43)39-9-3-4-13-48-31-20-27(29-19-26(6-7-30(29)47-2)36(45)38-8-5-10-39)18-28-21-40(11-14-49-35(28)31)34(44)22-41-12-15-50-37(41)46/h6-7,16,18-20,23H,3-5,8-15,17,21-22H2,1-2H3,(H,38,45). The lowest BCUT2D eigenvalue weighted by molar-refractivity contribution is -0.132. The largest absolute Gasteiger partial charge is 0.496 e. The third-order valence-corrected chi connectivity index (χ3v) is 10.2. The van der Waals surface area contributed by atoms with Crippen LogP contribution in [0.2, 0.25) is 0 Å². The third kappa shape index (κ3) is 8.62. The van der Waals surface area contributed by atoms with E-state index in [1.807, 2.05) is 22.4 Å². The third-order valence-electron chi connectivity index (χ3n) is 9.08. The lowest BCUT2D eigenvalue weighted by atomic mass is 9.98. The van der Waals surface area contributed by atoms with E-state index >= 15 is 0 Å². The Hall–Kier alpha value is -5.11. The number of Topliss-reactive ketones (excluding diaryl/α,β-unsaturated/α-hetero) is 1. The van der Waals surface area contributed by atoms with E-state index < -0.39 is 6.09 Å². The monoisotopic (exact) mass is 718 g/mol. The summed E-state index contributed by atoms with van der Waals surface area (Å²) in [4.78, 5) is 69.4. The summed E-state index contributed by atoms with van der Waals surface area (Å²) in [5, 5.41) is 4.83. The van der Waals surface area contributed by atoms with E-state index in [1.165, 1.54) is 23.2 Å². The number of carbonyl (C=O) groups excluding carboxylic acids is 5. The van der Waals surface area contributed by atoms with E-state index in [2.05, 4.69) is 5.32 Å². The van der Waals surface area contributed by atoms with Crippen molar-refractivity contribution in [3.05, 3.63) is 63.3 Å². The van der Waals surface area contributed by atoms with Crippen molar-refractivity contribution in [1.82, 2.24) is 20.0 Å². The van der Waals surface area contributed by atoms with Crippen LogP contribution in [0.15, 0.2) is 41.8 Å². The van der Waals surface area contributed by atoms with Gasteiger partial charge in [0.2, 0.25) is 11.8 Å². The highest BCUT2D eigenvalue weighted by Gasteiger charge is 2.29. The Morgan fingerprint density at radius 2 is 1.69 bits per heavy atom. The molecule has 2 aromatic carbocycles. The average molecular weight is 719 g/mol. The van der Waals surface area contributed by atoms with Gasteiger partial charge in [0, 0.05) is 42.9 Å². The van der Waals surface area contributed by atoms with Crippen molar-refractivity contribution in [2.75, 3.05) is 66.2 Å². The fourth-order valence-corrected chi connectivity index (χ4v) is 7.14. The van der Waals surface area contributed by atoms with E-state index in [0.717, 1.165) is 11.1 Å². The topological polar surface area (TPSA) is 144 Å². The lowest BCUT2D eigenvalue weighted by Crippen LogP contribution is -2.41. The van der Waals surface area contributed by atoms with Crippen molar-refractivity contribution in [2.45, 2.75) is 39.2 Å². The Bertz CT molecular complexity index is 1810. The minimum Gasteiger partial charge on any atom is -0.496 e. The first-order valence-corrected chi connectivity index (χ1v) is 18.0. The Balaban J connectivity index is 1.26. The Labute approximate surface area is 300 Å². The number of hydrogen-bond acceptors (Lipinski definition) is 10. The molecule has 270 valence electrons. The van der Waals surface area contributed by atoms with E-state index in [4.69, 9.17) is 18.9 Å². The molecule has 14 heteroatoms. The number of ketones is 1. The van der Waals surface area contributed by atoms with Crippen molar-refractivity contribution in [3.8, 4) is 28.4 Å². The summed E-state index contributed by atoms with van der Waals surface area (Å²) in [6.07, 6.45) is 1.59. The van der Waals surface area contributed by atoms with Gasteiger partial charge in [-0.3, -0.25) is 24.1 Å². The van der Waals surface area contributed by atoms with Gasteiger partial charge in [0.15, 0.2) is 17.3 Å². The number of benzene rings is 2. The molecule has 3 aliphatic heterocycles. The number of nitrogens with one attached hydrogen (secondary N) is 1. The molecule has 4 heterocycles. The summed E-state index contributed by atoms with van der Waals surface area (Å²) in [5.41, 5.74) is 3.35. The van der Waals surface area contributed by atoms with Crippen LogP contribution >= 0.6 is 11.3 Å². The maximum atomic E-state index is 13.4. The van der Waals surface area contributed by atoms with Crippen LogP contribution in [0.25, 0.3) is 11.1 Å². The zero-order valence-electron chi connectivity index (χ0n) is 28.9. The Morgan fingerprint density at radius 3 is 2.45 bits per heavy atom. The quantitative estimate of drug-likeness (QED) is 0.372. The Morgan fingerprint density at radius 1 is 0.863 bits per heavy atom. The molecule has 3 aromatic rings. The second-order valence-corrected chi connectivity index (χ2v) is 13.6. The van der Waals surface area contributed by atoms with Crippen molar-refractivity contribution in [2.24, 2.45) is 0 Å². The van der Waals surface area contributed by atoms with Crippen LogP contribution in [0, 0.1) is 0 Å². The number of thiophene rings is 1. The molecular weight excluding hydrogens is 676 g/mol. The molecule has 1 saturated heterocycles. The molecule has 0 atom stereocenters. The van der Waals surface area contributed by atoms with Crippen LogP contribution in [0.5, 0.6) is 17.2 Å². The summed E-state index contributed by atoms with van der Waals surface area (Å²) in [5.74, 6) is 1.02. The highest BCUT2D eigenvalue weighted by molar-refractivity contribution is 7.12. The van der Waals surface area contributed by atoms with Gasteiger partial charge >= 0.3 is 6.09 Å². The first-order chi connectivity index (χ1) is 24.7. The maximum absolute atomic E-state index is 13.4. The van der Waals surface area contributed by atoms with Gasteiger partial charge in [0.1, 0.15) is 25.5 Å². The average Bonchev–Trinajstić information content (AvgIpc) is 3.70. The van der Waals surface area contributed by atoms with E-state index in [1.54, 1.807) is 36.3 Å². The number of amides is 4. The Kier molecular flexibility index (Phi) is 11.4. The summed E-state index contributed by atoms with van der Waals surface area (Å²) in [6, 6.07) is 10.8. The lowest BCUT2D eigenvalue weighted by Gasteiger charge is -2.23. The van der Waals surface area contributed by atoms with Gasteiger partial charge in [-0.2, -0.15) is 0 Å². The number of hydrogen-bond donors (Lipinski definition) is 1. The number of cyclic esters (lactones) is 1. The first-order valence-electron chi connectivity index (χ1n) is 17.1. The highest BCUT2D eigenvalue weighted by atomic mass is 32.1. The van der Waals surface area contributed by atoms with Gasteiger partial charge in [0.05, 0.1) is 38.1 Å². The van der Waals surface area contributed by atoms with Crippen LogP contribution in [-0.4, -0.2) is 110 Å². The number of carbonyl (C=O) groups is 5. The molecule has 1 N–H and O–H groups in total. The summed E-state index contributed by atoms with van der Waals surface area (Å²) in [6.45, 7) is 4.51. The van der Waals surface area contributed by atoms with Crippen LogP contribution in [0.1, 0.15) is 57.3 Å². The number of fused-ring (bicyclic) bond motifs is 7. The molecule has 51 heavy (non-hydrogen) atoms.